The van der Waals surface area contributed by atoms with Crippen LogP contribution in [0.15, 0.2) is 48.8 Å². The minimum absolute atomic E-state index is 0.0480. The van der Waals surface area contributed by atoms with Crippen LogP contribution in [-0.4, -0.2) is 27.8 Å². The summed E-state index contributed by atoms with van der Waals surface area (Å²) in [7, 11) is 1.57. The monoisotopic (exact) mass is 417 g/mol. The Morgan fingerprint density at radius 2 is 2.10 bits per heavy atom. The molecule has 7 nitrogen and oxygen atoms in total. The largest absolute Gasteiger partial charge is 0.473 e. The molecule has 1 amide bonds. The Labute approximate surface area is 177 Å². The maximum absolute atomic E-state index is 13.0. The number of hydrogen-bond donors (Lipinski definition) is 1. The second kappa shape index (κ2) is 7.97. The molecule has 4 aromatic rings. The molecule has 8 heteroatoms. The maximum Gasteiger partial charge on any atom is 0.274 e. The number of methoxy groups -OCH3 is 1. The van der Waals surface area contributed by atoms with Gasteiger partial charge in [0, 0.05) is 16.6 Å². The molecule has 0 atom stereocenters. The number of hydrogen-bond acceptors (Lipinski definition) is 6. The number of ether oxygens (including phenoxy) is 1. The molecule has 0 saturated heterocycles. The highest BCUT2D eigenvalue weighted by Crippen LogP contribution is 2.29. The number of thiazole rings is 1. The Morgan fingerprint density at radius 1 is 1.27 bits per heavy atom. The minimum Gasteiger partial charge on any atom is -0.473 e. The SMILES string of the molecule is COc1ncc(-n2ncc3ccc(NC(=O)c4cccc(C#N)c4C(C)C)cc32)s1. The molecule has 4 rings (SSSR count). The highest BCUT2D eigenvalue weighted by molar-refractivity contribution is 7.15. The quantitative estimate of drug-likeness (QED) is 0.506. The third-order valence-corrected chi connectivity index (χ3v) is 5.67. The molecule has 0 radical (unpaired) electrons. The molecule has 2 aromatic heterocycles. The fourth-order valence-corrected chi connectivity index (χ4v) is 4.10. The van der Waals surface area contributed by atoms with E-state index in [0.717, 1.165) is 21.5 Å². The summed E-state index contributed by atoms with van der Waals surface area (Å²) in [6.45, 7) is 3.95. The Hall–Kier alpha value is -3.70. The number of fused-ring (bicyclic) bond motifs is 1. The van der Waals surface area contributed by atoms with Crippen molar-refractivity contribution in [1.82, 2.24) is 14.8 Å². The number of nitrogens with one attached hydrogen (secondary N) is 1. The highest BCUT2D eigenvalue weighted by atomic mass is 32.1. The van der Waals surface area contributed by atoms with Crippen LogP contribution in [0, 0.1) is 11.3 Å². The van der Waals surface area contributed by atoms with Crippen molar-refractivity contribution < 1.29 is 9.53 Å². The van der Waals surface area contributed by atoms with E-state index in [1.54, 1.807) is 42.4 Å². The van der Waals surface area contributed by atoms with Crippen LogP contribution in [0.25, 0.3) is 15.9 Å². The van der Waals surface area contributed by atoms with Crippen LogP contribution >= 0.6 is 11.3 Å². The zero-order valence-corrected chi connectivity index (χ0v) is 17.5. The van der Waals surface area contributed by atoms with E-state index in [4.69, 9.17) is 4.74 Å². The van der Waals surface area contributed by atoms with E-state index >= 15 is 0 Å². The summed E-state index contributed by atoms with van der Waals surface area (Å²) in [4.78, 5) is 17.2. The van der Waals surface area contributed by atoms with E-state index in [1.807, 2.05) is 32.0 Å². The molecule has 0 spiro atoms. The topological polar surface area (TPSA) is 92.8 Å². The molecule has 0 aliphatic rings. The van der Waals surface area contributed by atoms with Crippen molar-refractivity contribution in [2.75, 3.05) is 12.4 Å². The van der Waals surface area contributed by atoms with E-state index in [0.29, 0.717) is 22.0 Å². The first-order valence-electron chi connectivity index (χ1n) is 9.34. The van der Waals surface area contributed by atoms with Crippen LogP contribution in [0.3, 0.4) is 0 Å². The summed E-state index contributed by atoms with van der Waals surface area (Å²) < 4.78 is 6.93. The van der Waals surface area contributed by atoms with Crippen LogP contribution in [0.1, 0.15) is 41.3 Å². The fraction of sp³-hybridized carbons (Fsp3) is 0.182. The van der Waals surface area contributed by atoms with Gasteiger partial charge in [-0.1, -0.05) is 31.3 Å². The van der Waals surface area contributed by atoms with Gasteiger partial charge in [-0.2, -0.15) is 10.4 Å². The summed E-state index contributed by atoms with van der Waals surface area (Å²) in [5.74, 6) is -0.201. The lowest BCUT2D eigenvalue weighted by atomic mass is 9.92. The van der Waals surface area contributed by atoms with Gasteiger partial charge in [0.2, 0.25) is 0 Å². The predicted octanol–water partition coefficient (Wildman–Crippen LogP) is 4.74. The first-order chi connectivity index (χ1) is 14.5. The van der Waals surface area contributed by atoms with Crippen LogP contribution < -0.4 is 10.1 Å². The second-order valence-electron chi connectivity index (χ2n) is 6.99. The van der Waals surface area contributed by atoms with Crippen molar-refractivity contribution in [3.8, 4) is 16.3 Å². The van der Waals surface area contributed by atoms with Gasteiger partial charge >= 0.3 is 0 Å². The van der Waals surface area contributed by atoms with E-state index in [1.165, 1.54) is 11.3 Å². The number of carbonyl (C=O) groups excluding carboxylic acids is 1. The predicted molar refractivity (Wildman–Crippen MR) is 116 cm³/mol. The summed E-state index contributed by atoms with van der Waals surface area (Å²) in [6.07, 6.45) is 3.46. The second-order valence-corrected chi connectivity index (χ2v) is 7.96. The molecule has 0 aliphatic carbocycles. The zero-order chi connectivity index (χ0) is 21.3. The van der Waals surface area contributed by atoms with Crippen molar-refractivity contribution in [2.24, 2.45) is 0 Å². The average molecular weight is 417 g/mol. The van der Waals surface area contributed by atoms with Gasteiger partial charge in [-0.3, -0.25) is 4.79 Å². The molecule has 0 unspecified atom stereocenters. The summed E-state index contributed by atoms with van der Waals surface area (Å²) in [6, 6.07) is 13.0. The van der Waals surface area contributed by atoms with Crippen molar-refractivity contribution in [3.63, 3.8) is 0 Å². The van der Waals surface area contributed by atoms with Crippen molar-refractivity contribution in [2.45, 2.75) is 19.8 Å². The number of nitrogens with zero attached hydrogens (tertiary/aromatic N) is 4. The third-order valence-electron chi connectivity index (χ3n) is 4.73. The normalized spacial score (nSPS) is 10.9. The molecule has 0 saturated carbocycles. The van der Waals surface area contributed by atoms with Gasteiger partial charge in [0.25, 0.3) is 11.1 Å². The molecule has 0 bridgehead atoms. The Bertz CT molecular complexity index is 1280. The zero-order valence-electron chi connectivity index (χ0n) is 16.7. The first-order valence-corrected chi connectivity index (χ1v) is 10.2. The average Bonchev–Trinajstić information content (AvgIpc) is 3.39. The Morgan fingerprint density at radius 3 is 2.80 bits per heavy atom. The molecular formula is C22H19N5O2S. The molecule has 0 fully saturated rings. The number of rotatable bonds is 5. The molecule has 1 N–H and O–H groups in total. The molecule has 2 heterocycles. The van der Waals surface area contributed by atoms with Crippen LogP contribution in [0.2, 0.25) is 0 Å². The van der Waals surface area contributed by atoms with Crippen molar-refractivity contribution >= 4 is 33.8 Å². The summed E-state index contributed by atoms with van der Waals surface area (Å²) in [5, 5.41) is 19.1. The maximum atomic E-state index is 13.0. The van der Waals surface area contributed by atoms with E-state index in [2.05, 4.69) is 21.5 Å². The van der Waals surface area contributed by atoms with Crippen molar-refractivity contribution in [3.05, 3.63) is 65.5 Å². The third kappa shape index (κ3) is 3.51. The number of benzene rings is 2. The van der Waals surface area contributed by atoms with Gasteiger partial charge in [0.1, 0.15) is 5.00 Å². The van der Waals surface area contributed by atoms with Gasteiger partial charge in [0.15, 0.2) is 0 Å². The summed E-state index contributed by atoms with van der Waals surface area (Å²) in [5.41, 5.74) is 3.26. The van der Waals surface area contributed by atoms with E-state index < -0.39 is 0 Å². The number of amides is 1. The molecular weight excluding hydrogens is 398 g/mol. The Kier molecular flexibility index (Phi) is 5.21. The van der Waals surface area contributed by atoms with Gasteiger partial charge in [0.05, 0.1) is 36.7 Å². The lowest BCUT2D eigenvalue weighted by Gasteiger charge is -2.14. The Balaban J connectivity index is 1.69. The van der Waals surface area contributed by atoms with Crippen LogP contribution in [0.5, 0.6) is 5.19 Å². The lowest BCUT2D eigenvalue weighted by molar-refractivity contribution is 0.102. The minimum atomic E-state index is -0.249. The molecule has 150 valence electrons. The number of aromatic nitrogens is 3. The highest BCUT2D eigenvalue weighted by Gasteiger charge is 2.18. The molecule has 30 heavy (non-hydrogen) atoms. The smallest absolute Gasteiger partial charge is 0.274 e. The fourth-order valence-electron chi connectivity index (χ4n) is 3.40. The first kappa shape index (κ1) is 19.6. The standard InChI is InChI=1S/C22H19N5O2S/c1-13(2)20-14(10-23)5-4-6-17(20)21(28)26-16-8-7-15-11-25-27(18(15)9-16)19-12-24-22(29-3)30-19/h4-9,11-13H,1-3H3,(H,26,28). The van der Waals surface area contributed by atoms with Crippen molar-refractivity contribution in [1.29, 1.82) is 5.26 Å². The number of carbonyl (C=O) groups is 1. The number of anilines is 1. The van der Waals surface area contributed by atoms with Gasteiger partial charge in [-0.15, -0.1) is 0 Å². The lowest BCUT2D eigenvalue weighted by Crippen LogP contribution is -2.15. The van der Waals surface area contributed by atoms with Gasteiger partial charge in [-0.05, 0) is 41.8 Å². The van der Waals surface area contributed by atoms with Crippen LogP contribution in [0.4, 0.5) is 5.69 Å². The molecule has 2 aromatic carbocycles. The van der Waals surface area contributed by atoms with E-state index in [-0.39, 0.29) is 11.8 Å². The van der Waals surface area contributed by atoms with Crippen LogP contribution in [-0.2, 0) is 0 Å². The number of nitriles is 1. The van der Waals surface area contributed by atoms with E-state index in [9.17, 15) is 10.1 Å². The van der Waals surface area contributed by atoms with Gasteiger partial charge < -0.3 is 10.1 Å². The van der Waals surface area contributed by atoms with Gasteiger partial charge in [-0.25, -0.2) is 9.67 Å². The summed E-state index contributed by atoms with van der Waals surface area (Å²) >= 11 is 1.38. The molecule has 0 aliphatic heterocycles.